The number of rotatable bonds is 8. The van der Waals surface area contributed by atoms with Crippen molar-refractivity contribution in [2.24, 2.45) is 0 Å². The van der Waals surface area contributed by atoms with Crippen molar-refractivity contribution in [1.82, 2.24) is 10.3 Å². The van der Waals surface area contributed by atoms with Crippen molar-refractivity contribution in [3.63, 3.8) is 0 Å². The second-order valence-corrected chi connectivity index (χ2v) is 10.3. The smallest absolute Gasteiger partial charge is 0.256 e. The third-order valence-corrected chi connectivity index (χ3v) is 7.90. The monoisotopic (exact) mass is 505 g/mol. The molecule has 2 amide bonds. The van der Waals surface area contributed by atoms with Crippen LogP contribution in [-0.4, -0.2) is 35.6 Å². The number of nitrogens with one attached hydrogen (secondary N) is 2. The van der Waals surface area contributed by atoms with Crippen LogP contribution in [0.4, 0.5) is 5.69 Å². The molecule has 0 radical (unpaired) electrons. The van der Waals surface area contributed by atoms with Crippen LogP contribution in [-0.2, 0) is 21.4 Å². The van der Waals surface area contributed by atoms with Gasteiger partial charge in [-0.3, -0.25) is 14.6 Å². The van der Waals surface area contributed by atoms with Gasteiger partial charge >= 0.3 is 0 Å². The molecule has 1 saturated heterocycles. The highest BCUT2D eigenvalue weighted by Crippen LogP contribution is 2.41. The molecule has 1 aromatic heterocycles. The molecule has 3 aromatic carbocycles. The summed E-state index contributed by atoms with van der Waals surface area (Å²) >= 11 is 0. The number of nitrogens with zero attached hydrogens (tertiary/aromatic N) is 1. The summed E-state index contributed by atoms with van der Waals surface area (Å²) in [5.74, 6) is -0.0641. The normalized spacial score (nSPS) is 18.6. The summed E-state index contributed by atoms with van der Waals surface area (Å²) < 4.78 is 5.63. The number of para-hydroxylation sites is 1. The molecular formula is C32H31N3O3. The topological polar surface area (TPSA) is 83.6 Å². The number of anilines is 1. The number of hydrogen-bond donors (Lipinski definition) is 2. The molecule has 1 saturated carbocycles. The van der Waals surface area contributed by atoms with Crippen LogP contribution >= 0.6 is 0 Å². The Hall–Kier alpha value is -4.03. The van der Waals surface area contributed by atoms with E-state index in [0.29, 0.717) is 18.6 Å². The molecule has 2 atom stereocenters. The van der Waals surface area contributed by atoms with Gasteiger partial charge in [-0.15, -0.1) is 0 Å². The standard InChI is InChI=1S/C32H31N3O3/c36-30(26-16-19-33-27-11-5-4-10-25(26)27)34-24-14-12-22(13-15-24)20-28(29-21-38-29)35-31(37)32(17-6-7-18-32)23-8-2-1-3-9-23/h1-5,8-16,19,28-29H,6-7,17-18,20-21H2,(H,34,36)(H,35,37). The Labute approximate surface area is 222 Å². The summed E-state index contributed by atoms with van der Waals surface area (Å²) in [6, 6.07) is 27.3. The van der Waals surface area contributed by atoms with E-state index in [1.54, 1.807) is 12.3 Å². The largest absolute Gasteiger partial charge is 0.371 e. The molecule has 38 heavy (non-hydrogen) atoms. The van der Waals surface area contributed by atoms with Crippen molar-refractivity contribution in [3.05, 3.63) is 108 Å². The van der Waals surface area contributed by atoms with Crippen molar-refractivity contribution in [2.45, 2.75) is 49.7 Å². The van der Waals surface area contributed by atoms with Crippen LogP contribution in [0.5, 0.6) is 0 Å². The molecule has 6 heteroatoms. The number of hydrogen-bond acceptors (Lipinski definition) is 4. The lowest BCUT2D eigenvalue weighted by atomic mass is 9.77. The van der Waals surface area contributed by atoms with Crippen molar-refractivity contribution >= 4 is 28.4 Å². The summed E-state index contributed by atoms with van der Waals surface area (Å²) in [4.78, 5) is 31.0. The van der Waals surface area contributed by atoms with Crippen LogP contribution in [0.2, 0.25) is 0 Å². The number of carbonyl (C=O) groups is 2. The number of carbonyl (C=O) groups excluding carboxylic acids is 2. The molecule has 2 aliphatic rings. The second kappa shape index (κ2) is 10.4. The van der Waals surface area contributed by atoms with Gasteiger partial charge in [0.05, 0.1) is 29.1 Å². The Morgan fingerprint density at radius 1 is 0.921 bits per heavy atom. The molecule has 6 rings (SSSR count). The van der Waals surface area contributed by atoms with Gasteiger partial charge in [0.2, 0.25) is 5.91 Å². The first-order valence-corrected chi connectivity index (χ1v) is 13.3. The second-order valence-electron chi connectivity index (χ2n) is 10.3. The van der Waals surface area contributed by atoms with E-state index in [0.717, 1.165) is 53.4 Å². The number of ether oxygens (including phenoxy) is 1. The van der Waals surface area contributed by atoms with Crippen molar-refractivity contribution in [2.75, 3.05) is 11.9 Å². The average Bonchev–Trinajstić information content (AvgIpc) is 3.69. The van der Waals surface area contributed by atoms with Gasteiger partial charge < -0.3 is 15.4 Å². The predicted octanol–water partition coefficient (Wildman–Crippen LogP) is 5.43. The number of amides is 2. The third-order valence-electron chi connectivity index (χ3n) is 7.90. The first-order valence-electron chi connectivity index (χ1n) is 13.3. The highest BCUT2D eigenvalue weighted by Gasteiger charge is 2.45. The van der Waals surface area contributed by atoms with Crippen LogP contribution in [0.25, 0.3) is 10.9 Å². The van der Waals surface area contributed by atoms with E-state index < -0.39 is 5.41 Å². The van der Waals surface area contributed by atoms with Crippen LogP contribution in [0.3, 0.4) is 0 Å². The van der Waals surface area contributed by atoms with Gasteiger partial charge in [-0.1, -0.05) is 73.5 Å². The van der Waals surface area contributed by atoms with E-state index in [4.69, 9.17) is 4.74 Å². The maximum atomic E-state index is 13.7. The Balaban J connectivity index is 1.14. The van der Waals surface area contributed by atoms with Crippen LogP contribution in [0.15, 0.2) is 91.1 Å². The van der Waals surface area contributed by atoms with Gasteiger partial charge in [0.15, 0.2) is 0 Å². The molecule has 0 spiro atoms. The van der Waals surface area contributed by atoms with Crippen LogP contribution < -0.4 is 10.6 Å². The van der Waals surface area contributed by atoms with Gasteiger partial charge in [-0.05, 0) is 54.7 Å². The molecule has 2 unspecified atom stereocenters. The number of fused-ring (bicyclic) bond motifs is 1. The minimum Gasteiger partial charge on any atom is -0.371 e. The van der Waals surface area contributed by atoms with E-state index in [1.807, 2.05) is 66.7 Å². The molecule has 2 N–H and O–H groups in total. The highest BCUT2D eigenvalue weighted by atomic mass is 16.6. The maximum Gasteiger partial charge on any atom is 0.256 e. The summed E-state index contributed by atoms with van der Waals surface area (Å²) in [6.07, 6.45) is 6.25. The van der Waals surface area contributed by atoms with Crippen molar-refractivity contribution in [3.8, 4) is 0 Å². The zero-order chi connectivity index (χ0) is 26.0. The number of epoxide rings is 1. The Bertz CT molecular complexity index is 1440. The SMILES string of the molecule is O=C(Nc1ccc(CC(NC(=O)C2(c3ccccc3)CCCC2)C2CO2)cc1)c1ccnc2ccccc12. The fourth-order valence-corrected chi connectivity index (χ4v) is 5.72. The molecule has 2 heterocycles. The maximum absolute atomic E-state index is 13.7. The van der Waals surface area contributed by atoms with E-state index in [9.17, 15) is 9.59 Å². The first-order chi connectivity index (χ1) is 18.6. The lowest BCUT2D eigenvalue weighted by Crippen LogP contribution is -2.49. The van der Waals surface area contributed by atoms with E-state index in [-0.39, 0.29) is 24.0 Å². The van der Waals surface area contributed by atoms with Crippen molar-refractivity contribution in [1.29, 1.82) is 0 Å². The molecule has 0 bridgehead atoms. The minimum absolute atomic E-state index is 0.0347. The molecule has 192 valence electrons. The Morgan fingerprint density at radius 2 is 1.63 bits per heavy atom. The lowest BCUT2D eigenvalue weighted by Gasteiger charge is -2.30. The van der Waals surface area contributed by atoms with E-state index in [1.165, 1.54) is 0 Å². The van der Waals surface area contributed by atoms with Gasteiger partial charge in [-0.2, -0.15) is 0 Å². The van der Waals surface area contributed by atoms with Gasteiger partial charge in [0.1, 0.15) is 6.10 Å². The van der Waals surface area contributed by atoms with Gasteiger partial charge in [0.25, 0.3) is 5.91 Å². The summed E-state index contributed by atoms with van der Waals surface area (Å²) in [7, 11) is 0. The zero-order valence-electron chi connectivity index (χ0n) is 21.2. The molecule has 2 fully saturated rings. The summed E-state index contributed by atoms with van der Waals surface area (Å²) in [6.45, 7) is 0.664. The van der Waals surface area contributed by atoms with Crippen molar-refractivity contribution < 1.29 is 14.3 Å². The predicted molar refractivity (Wildman–Crippen MR) is 148 cm³/mol. The summed E-state index contributed by atoms with van der Waals surface area (Å²) in [5.41, 5.74) is 3.83. The van der Waals surface area contributed by atoms with Crippen LogP contribution in [0, 0.1) is 0 Å². The van der Waals surface area contributed by atoms with E-state index in [2.05, 4.69) is 27.8 Å². The Kier molecular flexibility index (Phi) is 6.64. The van der Waals surface area contributed by atoms with Crippen LogP contribution in [0.1, 0.15) is 47.2 Å². The fourth-order valence-electron chi connectivity index (χ4n) is 5.72. The van der Waals surface area contributed by atoms with Gasteiger partial charge in [0, 0.05) is 17.3 Å². The first kappa shape index (κ1) is 24.3. The van der Waals surface area contributed by atoms with Gasteiger partial charge in [-0.25, -0.2) is 0 Å². The fraction of sp³-hybridized carbons (Fsp3) is 0.281. The molecule has 4 aromatic rings. The van der Waals surface area contributed by atoms with E-state index >= 15 is 0 Å². The summed E-state index contributed by atoms with van der Waals surface area (Å²) in [5, 5.41) is 7.17. The molecule has 1 aliphatic carbocycles. The quantitative estimate of drug-likeness (QED) is 0.313. The zero-order valence-corrected chi connectivity index (χ0v) is 21.2. The average molecular weight is 506 g/mol. The highest BCUT2D eigenvalue weighted by molar-refractivity contribution is 6.12. The molecular weight excluding hydrogens is 474 g/mol. The minimum atomic E-state index is -0.459. The number of pyridine rings is 1. The number of benzene rings is 3. The Morgan fingerprint density at radius 3 is 2.37 bits per heavy atom. The third kappa shape index (κ3) is 4.92. The lowest BCUT2D eigenvalue weighted by molar-refractivity contribution is -0.127. The number of aromatic nitrogens is 1. The molecule has 1 aliphatic heterocycles. The molecule has 6 nitrogen and oxygen atoms in total.